The lowest BCUT2D eigenvalue weighted by Gasteiger charge is -1.97. The monoisotopic (exact) mass is 142 g/mol. The van der Waals surface area contributed by atoms with Crippen molar-refractivity contribution in [2.45, 2.75) is 27.2 Å². The van der Waals surface area contributed by atoms with Crippen molar-refractivity contribution >= 4 is 5.78 Å². The molecule has 0 aromatic carbocycles. The van der Waals surface area contributed by atoms with E-state index in [1.807, 2.05) is 13.8 Å². The van der Waals surface area contributed by atoms with Gasteiger partial charge in [0, 0.05) is 12.0 Å². The van der Waals surface area contributed by atoms with E-state index in [0.717, 1.165) is 0 Å². The maximum atomic E-state index is 10.9. The number of carbonyl (C=O) groups is 1. The van der Waals surface area contributed by atoms with Crippen LogP contribution in [0.4, 0.5) is 0 Å². The maximum Gasteiger partial charge on any atom is 0.161 e. The lowest BCUT2D eigenvalue weighted by molar-refractivity contribution is -0.115. The quantitative estimate of drug-likeness (QED) is 0.442. The van der Waals surface area contributed by atoms with Gasteiger partial charge in [-0.3, -0.25) is 4.79 Å². The van der Waals surface area contributed by atoms with Crippen LogP contribution in [0.3, 0.4) is 0 Å². The molecule has 0 spiro atoms. The summed E-state index contributed by atoms with van der Waals surface area (Å²) in [6.07, 6.45) is 2.07. The fourth-order valence-electron chi connectivity index (χ4n) is 0.553. The Morgan fingerprint density at radius 1 is 1.50 bits per heavy atom. The van der Waals surface area contributed by atoms with Crippen LogP contribution in [0.15, 0.2) is 11.8 Å². The van der Waals surface area contributed by atoms with Gasteiger partial charge in [-0.2, -0.15) is 0 Å². The van der Waals surface area contributed by atoms with Crippen LogP contribution in [0.5, 0.6) is 0 Å². The first kappa shape index (κ1) is 9.21. The molecule has 0 radical (unpaired) electrons. The summed E-state index contributed by atoms with van der Waals surface area (Å²) in [6.45, 7) is 6.11. The summed E-state index contributed by atoms with van der Waals surface area (Å²) in [7, 11) is 0. The molecular weight excluding hydrogens is 128 g/mol. The average molecular weight is 142 g/mol. The fraction of sp³-hybridized carbons (Fsp3) is 0.625. The summed E-state index contributed by atoms with van der Waals surface area (Å²) in [5, 5.41) is 0. The minimum Gasteiger partial charge on any atom is -0.501 e. The highest BCUT2D eigenvalue weighted by atomic mass is 16.5. The molecule has 0 aromatic rings. The highest BCUT2D eigenvalue weighted by Gasteiger charge is 1.98. The fourth-order valence-corrected chi connectivity index (χ4v) is 0.553. The smallest absolute Gasteiger partial charge is 0.161 e. The molecule has 58 valence electrons. The number of allylic oxidation sites excluding steroid dienone is 1. The Kier molecular flexibility index (Phi) is 4.63. The first-order valence-corrected chi connectivity index (χ1v) is 3.53. The second kappa shape index (κ2) is 5.03. The third-order valence-corrected chi connectivity index (χ3v) is 1.19. The number of hydrogen-bond acceptors (Lipinski definition) is 2. The average Bonchev–Trinajstić information content (AvgIpc) is 1.98. The molecule has 0 aliphatic heterocycles. The Hall–Kier alpha value is -0.790. The van der Waals surface area contributed by atoms with Gasteiger partial charge in [0.25, 0.3) is 0 Å². The van der Waals surface area contributed by atoms with Crippen LogP contribution in [-0.2, 0) is 9.53 Å². The second-order valence-corrected chi connectivity index (χ2v) is 2.03. The molecule has 0 atom stereocenters. The third-order valence-electron chi connectivity index (χ3n) is 1.19. The van der Waals surface area contributed by atoms with Crippen LogP contribution < -0.4 is 0 Å². The van der Waals surface area contributed by atoms with E-state index >= 15 is 0 Å². The zero-order chi connectivity index (χ0) is 7.98. The van der Waals surface area contributed by atoms with E-state index in [9.17, 15) is 4.79 Å². The molecular formula is C8H14O2. The summed E-state index contributed by atoms with van der Waals surface area (Å²) in [5.74, 6) is 0.147. The van der Waals surface area contributed by atoms with E-state index in [4.69, 9.17) is 4.74 Å². The summed E-state index contributed by atoms with van der Waals surface area (Å²) in [5.41, 5.74) is 0.698. The van der Waals surface area contributed by atoms with Crippen LogP contribution in [0.25, 0.3) is 0 Å². The largest absolute Gasteiger partial charge is 0.501 e. The summed E-state index contributed by atoms with van der Waals surface area (Å²) >= 11 is 0. The summed E-state index contributed by atoms with van der Waals surface area (Å²) in [4.78, 5) is 10.9. The Morgan fingerprint density at radius 2 is 2.10 bits per heavy atom. The van der Waals surface area contributed by atoms with Gasteiger partial charge in [0.2, 0.25) is 0 Å². The number of hydrogen-bond donors (Lipinski definition) is 0. The van der Waals surface area contributed by atoms with Crippen molar-refractivity contribution in [3.63, 3.8) is 0 Å². The molecule has 0 fully saturated rings. The van der Waals surface area contributed by atoms with E-state index < -0.39 is 0 Å². The second-order valence-electron chi connectivity index (χ2n) is 2.03. The number of rotatable bonds is 4. The first-order chi connectivity index (χ1) is 4.72. The van der Waals surface area contributed by atoms with Gasteiger partial charge in [0.15, 0.2) is 5.78 Å². The first-order valence-electron chi connectivity index (χ1n) is 3.53. The van der Waals surface area contributed by atoms with E-state index in [1.54, 1.807) is 6.92 Å². The van der Waals surface area contributed by atoms with Crippen LogP contribution in [0, 0.1) is 0 Å². The van der Waals surface area contributed by atoms with Gasteiger partial charge in [-0.05, 0) is 13.8 Å². The van der Waals surface area contributed by atoms with Crippen molar-refractivity contribution < 1.29 is 9.53 Å². The predicted molar refractivity (Wildman–Crippen MR) is 40.7 cm³/mol. The van der Waals surface area contributed by atoms with Crippen molar-refractivity contribution in [3.05, 3.63) is 11.8 Å². The Balaban J connectivity index is 3.80. The van der Waals surface area contributed by atoms with Gasteiger partial charge in [-0.25, -0.2) is 0 Å². The molecule has 2 nitrogen and oxygen atoms in total. The van der Waals surface area contributed by atoms with Gasteiger partial charge in [0.05, 0.1) is 12.9 Å². The minimum absolute atomic E-state index is 0.147. The molecule has 0 N–H and O–H groups in total. The van der Waals surface area contributed by atoms with Gasteiger partial charge in [-0.1, -0.05) is 6.92 Å². The lowest BCUT2D eigenvalue weighted by Crippen LogP contribution is -1.97. The number of Topliss-reactive ketones (excluding diaryl/α,β-unsaturated/α-hetero) is 1. The molecule has 10 heavy (non-hydrogen) atoms. The van der Waals surface area contributed by atoms with Crippen molar-refractivity contribution in [1.82, 2.24) is 0 Å². The van der Waals surface area contributed by atoms with Crippen LogP contribution in [0.1, 0.15) is 27.2 Å². The van der Waals surface area contributed by atoms with Crippen LogP contribution in [-0.4, -0.2) is 12.4 Å². The van der Waals surface area contributed by atoms with E-state index in [1.165, 1.54) is 6.26 Å². The summed E-state index contributed by atoms with van der Waals surface area (Å²) < 4.78 is 4.94. The van der Waals surface area contributed by atoms with Crippen molar-refractivity contribution in [1.29, 1.82) is 0 Å². The SMILES string of the molecule is CCOC=C(C)C(=O)CC. The van der Waals surface area contributed by atoms with Gasteiger partial charge in [0.1, 0.15) is 0 Å². The van der Waals surface area contributed by atoms with Gasteiger partial charge in [-0.15, -0.1) is 0 Å². The van der Waals surface area contributed by atoms with Gasteiger partial charge >= 0.3 is 0 Å². The molecule has 2 heteroatoms. The molecule has 0 rings (SSSR count). The topological polar surface area (TPSA) is 26.3 Å². The van der Waals surface area contributed by atoms with Crippen molar-refractivity contribution in [3.8, 4) is 0 Å². The van der Waals surface area contributed by atoms with Crippen molar-refractivity contribution in [2.75, 3.05) is 6.61 Å². The van der Waals surface area contributed by atoms with E-state index in [-0.39, 0.29) is 5.78 Å². The predicted octanol–water partition coefficient (Wildman–Crippen LogP) is 1.91. The molecule has 0 amide bonds. The zero-order valence-electron chi connectivity index (χ0n) is 6.81. The van der Waals surface area contributed by atoms with Crippen LogP contribution in [0.2, 0.25) is 0 Å². The maximum absolute atomic E-state index is 10.9. The number of carbonyl (C=O) groups excluding carboxylic acids is 1. The van der Waals surface area contributed by atoms with Gasteiger partial charge < -0.3 is 4.74 Å². The molecule has 0 aliphatic carbocycles. The highest BCUT2D eigenvalue weighted by Crippen LogP contribution is 1.97. The van der Waals surface area contributed by atoms with E-state index in [0.29, 0.717) is 18.6 Å². The van der Waals surface area contributed by atoms with E-state index in [2.05, 4.69) is 0 Å². The molecule has 0 aromatic heterocycles. The molecule has 0 heterocycles. The minimum atomic E-state index is 0.147. The van der Waals surface area contributed by atoms with Crippen LogP contribution >= 0.6 is 0 Å². The lowest BCUT2D eigenvalue weighted by atomic mass is 10.2. The molecule has 0 aliphatic rings. The molecule has 0 saturated carbocycles. The molecule has 0 bridgehead atoms. The third kappa shape index (κ3) is 3.28. The molecule has 0 saturated heterocycles. The normalized spacial score (nSPS) is 11.3. The molecule has 0 unspecified atom stereocenters. The number of ketones is 1. The standard InChI is InChI=1S/C8H14O2/c1-4-8(9)7(3)6-10-5-2/h6H,4-5H2,1-3H3. The number of ether oxygens (including phenoxy) is 1. The Labute approximate surface area is 61.9 Å². The summed E-state index contributed by atoms with van der Waals surface area (Å²) in [6, 6.07) is 0. The Bertz CT molecular complexity index is 136. The zero-order valence-corrected chi connectivity index (χ0v) is 6.81. The Morgan fingerprint density at radius 3 is 2.50 bits per heavy atom. The van der Waals surface area contributed by atoms with Crippen molar-refractivity contribution in [2.24, 2.45) is 0 Å². The highest BCUT2D eigenvalue weighted by molar-refractivity contribution is 5.94.